The van der Waals surface area contributed by atoms with Crippen LogP contribution in [0.3, 0.4) is 0 Å². The largest absolute Gasteiger partial charge is 0.311 e. The van der Waals surface area contributed by atoms with Crippen molar-refractivity contribution in [2.45, 2.75) is 30.2 Å². The summed E-state index contributed by atoms with van der Waals surface area (Å²) in [6.45, 7) is 4.34. The lowest BCUT2D eigenvalue weighted by atomic mass is 10.2. The average molecular weight is 211 g/mol. The van der Waals surface area contributed by atoms with Crippen molar-refractivity contribution in [3.8, 4) is 0 Å². The van der Waals surface area contributed by atoms with E-state index in [1.54, 1.807) is 0 Å². The van der Waals surface area contributed by atoms with E-state index in [9.17, 15) is 0 Å². The van der Waals surface area contributed by atoms with Crippen molar-refractivity contribution in [3.63, 3.8) is 0 Å². The lowest BCUT2D eigenvalue weighted by Crippen LogP contribution is -2.33. The van der Waals surface area contributed by atoms with Gasteiger partial charge in [0, 0.05) is 10.1 Å². The van der Waals surface area contributed by atoms with E-state index in [4.69, 9.17) is 11.6 Å². The molecule has 1 rings (SSSR count). The van der Waals surface area contributed by atoms with Crippen molar-refractivity contribution in [1.82, 2.24) is 5.43 Å². The second kappa shape index (κ2) is 5.36. The first-order valence-electron chi connectivity index (χ1n) is 4.62. The molecule has 78 valence electrons. The van der Waals surface area contributed by atoms with E-state index < -0.39 is 0 Å². The molecular weight excluding hydrogens is 194 g/mol. The maximum absolute atomic E-state index is 5.70. The molecule has 0 amide bonds. The zero-order valence-corrected chi connectivity index (χ0v) is 9.34. The number of nitrogens with two attached hydrogens (primary N) is 2. The van der Waals surface area contributed by atoms with Gasteiger partial charge < -0.3 is 5.73 Å². The lowest BCUT2D eigenvalue weighted by molar-refractivity contribution is 0.576. The Morgan fingerprint density at radius 2 is 1.79 bits per heavy atom. The molecule has 0 fully saturated rings. The fourth-order valence-corrected chi connectivity index (χ4v) is 1.96. The minimum Gasteiger partial charge on any atom is -0.311 e. The molecule has 1 aromatic carbocycles. The topological polar surface area (TPSA) is 64.1 Å². The molecule has 0 radical (unpaired) electrons. The van der Waals surface area contributed by atoms with Gasteiger partial charge in [-0.3, -0.25) is 5.84 Å². The van der Waals surface area contributed by atoms with Gasteiger partial charge in [-0.1, -0.05) is 26.0 Å². The summed E-state index contributed by atoms with van der Waals surface area (Å²) in [5.41, 5.74) is 9.22. The zero-order chi connectivity index (χ0) is 10.6. The Morgan fingerprint density at radius 1 is 1.21 bits per heavy atom. The first-order chi connectivity index (χ1) is 6.63. The minimum atomic E-state index is -0.284. The summed E-state index contributed by atoms with van der Waals surface area (Å²) >= 11 is 1.83. The normalized spacial score (nSPS) is 13.2. The number of nitrogens with one attached hydrogen (secondary N) is 1. The fourth-order valence-electron chi connectivity index (χ4n) is 1.12. The van der Waals surface area contributed by atoms with Gasteiger partial charge in [0.1, 0.15) is 0 Å². The summed E-state index contributed by atoms with van der Waals surface area (Å²) < 4.78 is 0. The van der Waals surface area contributed by atoms with Crippen LogP contribution in [0.4, 0.5) is 0 Å². The van der Waals surface area contributed by atoms with Gasteiger partial charge in [0.2, 0.25) is 0 Å². The summed E-state index contributed by atoms with van der Waals surface area (Å²) in [6.07, 6.45) is -0.284. The van der Waals surface area contributed by atoms with Gasteiger partial charge in [-0.25, -0.2) is 5.43 Å². The Bertz CT molecular complexity index is 271. The molecule has 0 aliphatic rings. The summed E-state index contributed by atoms with van der Waals surface area (Å²) in [4.78, 5) is 1.26. The first-order valence-corrected chi connectivity index (χ1v) is 5.49. The molecule has 3 nitrogen and oxygen atoms in total. The van der Waals surface area contributed by atoms with Gasteiger partial charge in [-0.05, 0) is 17.7 Å². The van der Waals surface area contributed by atoms with E-state index in [-0.39, 0.29) is 6.17 Å². The molecule has 0 aromatic heterocycles. The van der Waals surface area contributed by atoms with Gasteiger partial charge in [-0.15, -0.1) is 11.8 Å². The molecule has 0 spiro atoms. The molecule has 14 heavy (non-hydrogen) atoms. The maximum atomic E-state index is 5.70. The molecule has 1 atom stereocenters. The highest BCUT2D eigenvalue weighted by molar-refractivity contribution is 7.99. The first kappa shape index (κ1) is 11.5. The van der Waals surface area contributed by atoms with Crippen LogP contribution in [-0.2, 0) is 0 Å². The van der Waals surface area contributed by atoms with E-state index in [1.165, 1.54) is 4.90 Å². The second-order valence-corrected chi connectivity index (χ2v) is 5.03. The van der Waals surface area contributed by atoms with Crippen molar-refractivity contribution >= 4 is 11.8 Å². The minimum absolute atomic E-state index is 0.284. The van der Waals surface area contributed by atoms with Crippen LogP contribution < -0.4 is 17.0 Å². The number of rotatable bonds is 4. The van der Waals surface area contributed by atoms with Crippen molar-refractivity contribution in [2.75, 3.05) is 0 Å². The molecule has 0 aliphatic heterocycles. The molecule has 0 bridgehead atoms. The number of benzene rings is 1. The van der Waals surface area contributed by atoms with E-state index in [1.807, 2.05) is 23.9 Å². The molecule has 1 aromatic rings. The molecule has 0 saturated heterocycles. The number of hydrazine groups is 1. The maximum Gasteiger partial charge on any atom is 0.0935 e. The van der Waals surface area contributed by atoms with Crippen LogP contribution in [0.5, 0.6) is 0 Å². The molecule has 0 saturated carbocycles. The van der Waals surface area contributed by atoms with Crippen molar-refractivity contribution in [1.29, 1.82) is 0 Å². The fraction of sp³-hybridized carbons (Fsp3) is 0.400. The van der Waals surface area contributed by atoms with Crippen LogP contribution in [0.2, 0.25) is 0 Å². The SMILES string of the molecule is CC(C)Sc1ccc(C(N)NN)cc1. The van der Waals surface area contributed by atoms with Gasteiger partial charge in [0.05, 0.1) is 6.17 Å². The molecule has 1 unspecified atom stereocenters. The predicted octanol–water partition coefficient (Wildman–Crippen LogP) is 1.61. The third-order valence-corrected chi connectivity index (χ3v) is 2.81. The number of hydrogen-bond donors (Lipinski definition) is 3. The molecule has 5 N–H and O–H groups in total. The highest BCUT2D eigenvalue weighted by Gasteiger charge is 2.03. The van der Waals surface area contributed by atoms with Crippen LogP contribution in [-0.4, -0.2) is 5.25 Å². The van der Waals surface area contributed by atoms with Gasteiger partial charge in [0.15, 0.2) is 0 Å². The number of hydrogen-bond acceptors (Lipinski definition) is 4. The van der Waals surface area contributed by atoms with Crippen molar-refractivity contribution in [2.24, 2.45) is 11.6 Å². The Morgan fingerprint density at radius 3 is 2.21 bits per heavy atom. The number of thioether (sulfide) groups is 1. The molecule has 0 heterocycles. The van der Waals surface area contributed by atoms with Crippen LogP contribution in [0.15, 0.2) is 29.2 Å². The van der Waals surface area contributed by atoms with Crippen molar-refractivity contribution < 1.29 is 0 Å². The van der Waals surface area contributed by atoms with E-state index in [2.05, 4.69) is 31.4 Å². The van der Waals surface area contributed by atoms with Crippen molar-refractivity contribution in [3.05, 3.63) is 29.8 Å². The van der Waals surface area contributed by atoms with Crippen LogP contribution in [0, 0.1) is 0 Å². The lowest BCUT2D eigenvalue weighted by Gasteiger charge is -2.11. The highest BCUT2D eigenvalue weighted by Crippen LogP contribution is 2.23. The molecule has 0 aliphatic carbocycles. The second-order valence-electron chi connectivity index (χ2n) is 3.38. The standard InChI is InChI=1S/C10H17N3S/c1-7(2)14-9-5-3-8(4-6-9)10(11)13-12/h3-7,10,13H,11-12H2,1-2H3. The smallest absolute Gasteiger partial charge is 0.0935 e. The summed E-state index contributed by atoms with van der Waals surface area (Å²) in [5.74, 6) is 5.24. The zero-order valence-electron chi connectivity index (χ0n) is 8.53. The monoisotopic (exact) mass is 211 g/mol. The van der Waals surface area contributed by atoms with E-state index in [0.29, 0.717) is 5.25 Å². The Labute approximate surface area is 89.2 Å². The summed E-state index contributed by atoms with van der Waals surface area (Å²) in [7, 11) is 0. The average Bonchev–Trinajstić information content (AvgIpc) is 2.17. The van der Waals surface area contributed by atoms with Crippen LogP contribution in [0.1, 0.15) is 25.6 Å². The third-order valence-electron chi connectivity index (χ3n) is 1.79. The van der Waals surface area contributed by atoms with E-state index in [0.717, 1.165) is 5.56 Å². The molecule has 4 heteroatoms. The Hall–Kier alpha value is -0.550. The van der Waals surface area contributed by atoms with Gasteiger partial charge in [-0.2, -0.15) is 0 Å². The molecular formula is C10H17N3S. The van der Waals surface area contributed by atoms with Gasteiger partial charge in [0.25, 0.3) is 0 Å². The summed E-state index contributed by atoms with van der Waals surface area (Å²) in [5, 5.41) is 0.599. The van der Waals surface area contributed by atoms with Gasteiger partial charge >= 0.3 is 0 Å². The summed E-state index contributed by atoms with van der Waals surface area (Å²) in [6, 6.07) is 8.12. The predicted molar refractivity (Wildman–Crippen MR) is 61.7 cm³/mol. The Balaban J connectivity index is 2.68. The van der Waals surface area contributed by atoms with E-state index >= 15 is 0 Å². The van der Waals surface area contributed by atoms with Crippen LogP contribution >= 0.6 is 11.8 Å². The quantitative estimate of drug-likeness (QED) is 0.306. The Kier molecular flexibility index (Phi) is 4.41. The van der Waals surface area contributed by atoms with Crippen LogP contribution in [0.25, 0.3) is 0 Å². The highest BCUT2D eigenvalue weighted by atomic mass is 32.2. The third kappa shape index (κ3) is 3.31.